The molecule has 2 aliphatic rings. The van der Waals surface area contributed by atoms with Crippen LogP contribution < -0.4 is 5.32 Å². The van der Waals surface area contributed by atoms with Gasteiger partial charge in [0.05, 0.1) is 5.75 Å². The number of anilines is 1. The molecule has 0 unspecified atom stereocenters. The predicted molar refractivity (Wildman–Crippen MR) is 86.8 cm³/mol. The van der Waals surface area contributed by atoms with E-state index >= 15 is 0 Å². The maximum atomic E-state index is 12.4. The standard InChI is InChI=1S/C14H22N4OS2/c1-15-13-16-17-14(21-13)20-9-12(19)18-7-6-10-4-2-3-5-11(10)8-18/h10-11H,2-9H2,1H3,(H,15,16)/t10-,11+/m1/s1. The lowest BCUT2D eigenvalue weighted by Crippen LogP contribution is -2.45. The number of nitrogens with zero attached hydrogens (tertiary/aromatic N) is 3. The maximum Gasteiger partial charge on any atom is 0.233 e. The zero-order chi connectivity index (χ0) is 14.7. The summed E-state index contributed by atoms with van der Waals surface area (Å²) < 4.78 is 0.861. The molecule has 5 nitrogen and oxygen atoms in total. The van der Waals surface area contributed by atoms with Crippen molar-refractivity contribution in [2.45, 2.75) is 36.4 Å². The van der Waals surface area contributed by atoms with Gasteiger partial charge in [0.25, 0.3) is 0 Å². The molecule has 2 heterocycles. The fraction of sp³-hybridized carbons (Fsp3) is 0.786. The summed E-state index contributed by atoms with van der Waals surface area (Å²) in [5, 5.41) is 11.8. The predicted octanol–water partition coefficient (Wildman–Crippen LogP) is 2.71. The van der Waals surface area contributed by atoms with Crippen molar-refractivity contribution < 1.29 is 4.79 Å². The van der Waals surface area contributed by atoms with Crippen LogP contribution in [0.1, 0.15) is 32.1 Å². The molecule has 116 valence electrons. The number of carbonyl (C=O) groups excluding carboxylic acids is 1. The summed E-state index contributed by atoms with van der Waals surface area (Å²) in [7, 11) is 1.83. The highest BCUT2D eigenvalue weighted by Gasteiger charge is 2.32. The Morgan fingerprint density at radius 3 is 2.90 bits per heavy atom. The van der Waals surface area contributed by atoms with Crippen molar-refractivity contribution in [3.63, 3.8) is 0 Å². The largest absolute Gasteiger partial charge is 0.363 e. The van der Waals surface area contributed by atoms with Crippen LogP contribution in [0.3, 0.4) is 0 Å². The molecule has 2 fully saturated rings. The molecule has 1 amide bonds. The van der Waals surface area contributed by atoms with Crippen molar-refractivity contribution in [1.29, 1.82) is 0 Å². The van der Waals surface area contributed by atoms with Gasteiger partial charge in [-0.25, -0.2) is 0 Å². The molecule has 1 saturated heterocycles. The third kappa shape index (κ3) is 3.69. The van der Waals surface area contributed by atoms with E-state index in [1.165, 1.54) is 55.2 Å². The lowest BCUT2D eigenvalue weighted by molar-refractivity contribution is -0.131. The molecule has 1 aliphatic carbocycles. The van der Waals surface area contributed by atoms with Gasteiger partial charge in [-0.05, 0) is 24.7 Å². The Bertz CT molecular complexity index is 493. The lowest BCUT2D eigenvalue weighted by atomic mass is 9.75. The highest BCUT2D eigenvalue weighted by Crippen LogP contribution is 2.36. The third-order valence-corrected chi connectivity index (χ3v) is 6.64. The number of nitrogens with one attached hydrogen (secondary N) is 1. The van der Waals surface area contributed by atoms with E-state index in [4.69, 9.17) is 0 Å². The first kappa shape index (κ1) is 15.1. The molecule has 1 saturated carbocycles. The SMILES string of the molecule is CNc1nnc(SCC(=O)N2CC[C@H]3CCCC[C@H]3C2)s1. The van der Waals surface area contributed by atoms with E-state index in [0.29, 0.717) is 5.75 Å². The molecule has 3 rings (SSSR count). The zero-order valence-electron chi connectivity index (χ0n) is 12.4. The van der Waals surface area contributed by atoms with Gasteiger partial charge in [-0.2, -0.15) is 0 Å². The number of fused-ring (bicyclic) bond motifs is 1. The highest BCUT2D eigenvalue weighted by atomic mass is 32.2. The second kappa shape index (κ2) is 6.96. The number of rotatable bonds is 4. The zero-order valence-corrected chi connectivity index (χ0v) is 14.0. The minimum absolute atomic E-state index is 0.255. The van der Waals surface area contributed by atoms with Crippen LogP contribution in [-0.4, -0.2) is 46.9 Å². The summed E-state index contributed by atoms with van der Waals surface area (Å²) in [6.45, 7) is 1.92. The molecule has 2 atom stereocenters. The molecular formula is C14H22N4OS2. The molecule has 1 N–H and O–H groups in total. The van der Waals surface area contributed by atoms with Crippen LogP contribution in [0.25, 0.3) is 0 Å². The summed E-state index contributed by atoms with van der Waals surface area (Å²) in [4.78, 5) is 14.4. The van der Waals surface area contributed by atoms with Gasteiger partial charge in [0.15, 0.2) is 4.34 Å². The van der Waals surface area contributed by atoms with Gasteiger partial charge in [0.2, 0.25) is 11.0 Å². The number of likely N-dealkylation sites (tertiary alicyclic amines) is 1. The quantitative estimate of drug-likeness (QED) is 0.862. The van der Waals surface area contributed by atoms with Crippen LogP contribution in [0.5, 0.6) is 0 Å². The minimum atomic E-state index is 0.255. The molecule has 1 aromatic rings. The first-order valence-corrected chi connectivity index (χ1v) is 9.48. The summed E-state index contributed by atoms with van der Waals surface area (Å²) in [5.41, 5.74) is 0. The van der Waals surface area contributed by atoms with Gasteiger partial charge in [0, 0.05) is 20.1 Å². The Kier molecular flexibility index (Phi) is 5.00. The average Bonchev–Trinajstić information content (AvgIpc) is 3.00. The van der Waals surface area contributed by atoms with Crippen molar-refractivity contribution >= 4 is 34.1 Å². The number of amides is 1. The lowest BCUT2D eigenvalue weighted by Gasteiger charge is -2.41. The molecule has 7 heteroatoms. The van der Waals surface area contributed by atoms with Crippen molar-refractivity contribution in [3.05, 3.63) is 0 Å². The molecule has 21 heavy (non-hydrogen) atoms. The Hall–Kier alpha value is -0.820. The second-order valence-electron chi connectivity index (χ2n) is 5.84. The van der Waals surface area contributed by atoms with Gasteiger partial charge in [-0.15, -0.1) is 10.2 Å². The topological polar surface area (TPSA) is 58.1 Å². The van der Waals surface area contributed by atoms with Crippen molar-refractivity contribution in [2.24, 2.45) is 11.8 Å². The number of thioether (sulfide) groups is 1. The van der Waals surface area contributed by atoms with Gasteiger partial charge < -0.3 is 10.2 Å². The van der Waals surface area contributed by atoms with Crippen LogP contribution in [0.15, 0.2) is 4.34 Å². The molecule has 0 spiro atoms. The Labute approximate surface area is 133 Å². The number of piperidine rings is 1. The molecule has 0 aromatic carbocycles. The van der Waals surface area contributed by atoms with E-state index in [-0.39, 0.29) is 5.91 Å². The summed E-state index contributed by atoms with van der Waals surface area (Å²) in [6.07, 6.45) is 6.61. The second-order valence-corrected chi connectivity index (χ2v) is 8.04. The van der Waals surface area contributed by atoms with Crippen molar-refractivity contribution in [3.8, 4) is 0 Å². The van der Waals surface area contributed by atoms with E-state index < -0.39 is 0 Å². The Morgan fingerprint density at radius 1 is 1.33 bits per heavy atom. The fourth-order valence-corrected chi connectivity index (χ4v) is 5.02. The van der Waals surface area contributed by atoms with Gasteiger partial charge in [0.1, 0.15) is 0 Å². The number of hydrogen-bond donors (Lipinski definition) is 1. The monoisotopic (exact) mass is 326 g/mol. The fourth-order valence-electron chi connectivity index (χ4n) is 3.41. The molecule has 0 radical (unpaired) electrons. The summed E-state index contributed by atoms with van der Waals surface area (Å²) >= 11 is 3.00. The number of hydrogen-bond acceptors (Lipinski definition) is 6. The molecule has 1 aliphatic heterocycles. The molecule has 0 bridgehead atoms. The molecule has 1 aromatic heterocycles. The first-order valence-electron chi connectivity index (χ1n) is 7.68. The third-order valence-electron chi connectivity index (χ3n) is 4.58. The van der Waals surface area contributed by atoms with E-state index in [1.807, 2.05) is 7.05 Å². The van der Waals surface area contributed by atoms with Crippen molar-refractivity contribution in [1.82, 2.24) is 15.1 Å². The van der Waals surface area contributed by atoms with Crippen molar-refractivity contribution in [2.75, 3.05) is 31.2 Å². The van der Waals surface area contributed by atoms with E-state index in [1.54, 1.807) is 0 Å². The van der Waals surface area contributed by atoms with E-state index in [9.17, 15) is 4.79 Å². The Morgan fingerprint density at radius 2 is 2.14 bits per heavy atom. The van der Waals surface area contributed by atoms with Gasteiger partial charge in [-0.1, -0.05) is 42.4 Å². The number of carbonyl (C=O) groups is 1. The average molecular weight is 326 g/mol. The van der Waals surface area contributed by atoms with Crippen LogP contribution in [0.2, 0.25) is 0 Å². The van der Waals surface area contributed by atoms with E-state index in [0.717, 1.165) is 34.4 Å². The van der Waals surface area contributed by atoms with E-state index in [2.05, 4.69) is 20.4 Å². The van der Waals surface area contributed by atoms with Crippen LogP contribution in [-0.2, 0) is 4.79 Å². The number of aromatic nitrogens is 2. The normalized spacial score (nSPS) is 25.5. The van der Waals surface area contributed by atoms with Gasteiger partial charge >= 0.3 is 0 Å². The summed E-state index contributed by atoms with van der Waals surface area (Å²) in [5.74, 6) is 2.36. The molecular weight excluding hydrogens is 304 g/mol. The Balaban J connectivity index is 1.49. The van der Waals surface area contributed by atoms with Gasteiger partial charge in [-0.3, -0.25) is 4.79 Å². The van der Waals surface area contributed by atoms with Crippen LogP contribution >= 0.6 is 23.1 Å². The van der Waals surface area contributed by atoms with Crippen LogP contribution in [0, 0.1) is 11.8 Å². The maximum absolute atomic E-state index is 12.4. The smallest absolute Gasteiger partial charge is 0.233 e. The summed E-state index contributed by atoms with van der Waals surface area (Å²) in [6, 6.07) is 0. The highest BCUT2D eigenvalue weighted by molar-refractivity contribution is 8.01. The van der Waals surface area contributed by atoms with Crippen LogP contribution in [0.4, 0.5) is 5.13 Å². The minimum Gasteiger partial charge on any atom is -0.363 e. The first-order chi connectivity index (χ1) is 10.3.